The van der Waals surface area contributed by atoms with Crippen LogP contribution in [0.1, 0.15) is 17.2 Å². The van der Waals surface area contributed by atoms with Crippen LogP contribution < -0.4 is 15.8 Å². The molecule has 10 heteroatoms. The highest BCUT2D eigenvalue weighted by atomic mass is 19.1. The molecule has 0 aromatic heterocycles. The Bertz CT molecular complexity index is 1270. The predicted molar refractivity (Wildman–Crippen MR) is 126 cm³/mol. The molecule has 0 aliphatic carbocycles. The molecule has 3 amide bonds. The normalized spacial score (nSPS) is 17.7. The van der Waals surface area contributed by atoms with Crippen molar-refractivity contribution in [1.82, 2.24) is 4.90 Å². The van der Waals surface area contributed by atoms with E-state index in [1.54, 1.807) is 54.6 Å². The molecule has 0 bridgehead atoms. The van der Waals surface area contributed by atoms with Crippen molar-refractivity contribution in [3.63, 3.8) is 0 Å². The topological polar surface area (TPSA) is 122 Å². The van der Waals surface area contributed by atoms with E-state index in [1.165, 1.54) is 0 Å². The van der Waals surface area contributed by atoms with Gasteiger partial charge in [0, 0.05) is 6.07 Å². The van der Waals surface area contributed by atoms with Crippen molar-refractivity contribution < 1.29 is 33.0 Å². The van der Waals surface area contributed by atoms with Crippen LogP contribution in [0.5, 0.6) is 5.75 Å². The van der Waals surface area contributed by atoms with Crippen molar-refractivity contribution in [2.45, 2.75) is 24.6 Å². The number of nitrogens with two attached hydrogens (primary N) is 1. The number of para-hydroxylation sites is 2. The molecule has 4 rings (SSSR count). The molecular weight excluding hydrogens is 472 g/mol. The van der Waals surface area contributed by atoms with Crippen molar-refractivity contribution in [1.29, 1.82) is 0 Å². The van der Waals surface area contributed by atoms with E-state index in [1.807, 2.05) is 0 Å². The number of imide groups is 1. The first-order valence-corrected chi connectivity index (χ1v) is 11.1. The average molecular weight is 495 g/mol. The SMILES string of the molecule is N[C@@H](CO)C(=O)N(C(=O)Cc1cc(F)cc(F)c1)C1C(=O)Nc2ccccc2OC1c1ccccc1. The number of anilines is 1. The summed E-state index contributed by atoms with van der Waals surface area (Å²) in [6.07, 6.45) is -1.77. The van der Waals surface area contributed by atoms with E-state index in [2.05, 4.69) is 5.32 Å². The number of hydrogen-bond donors (Lipinski definition) is 3. The number of rotatable bonds is 6. The molecule has 0 radical (unpaired) electrons. The molecule has 3 aromatic rings. The van der Waals surface area contributed by atoms with Crippen LogP contribution in [0, 0.1) is 11.6 Å². The highest BCUT2D eigenvalue weighted by Crippen LogP contribution is 2.36. The first kappa shape index (κ1) is 25.0. The number of fused-ring (bicyclic) bond motifs is 1. The maximum Gasteiger partial charge on any atom is 0.252 e. The molecule has 3 aromatic carbocycles. The Morgan fingerprint density at radius 3 is 2.33 bits per heavy atom. The molecule has 0 saturated carbocycles. The maximum atomic E-state index is 13.8. The second kappa shape index (κ2) is 10.6. The van der Waals surface area contributed by atoms with Crippen LogP contribution in [0.2, 0.25) is 0 Å². The molecule has 1 aliphatic heterocycles. The van der Waals surface area contributed by atoms with Crippen LogP contribution in [0.3, 0.4) is 0 Å². The fourth-order valence-electron chi connectivity index (χ4n) is 4.01. The fraction of sp³-hybridized carbons (Fsp3) is 0.192. The van der Waals surface area contributed by atoms with Gasteiger partial charge in [-0.15, -0.1) is 0 Å². The molecule has 186 valence electrons. The molecule has 4 N–H and O–H groups in total. The second-order valence-electron chi connectivity index (χ2n) is 8.22. The number of nitrogens with one attached hydrogen (secondary N) is 1. The number of aliphatic hydroxyl groups is 1. The number of carbonyl (C=O) groups is 3. The minimum atomic E-state index is -1.56. The quantitative estimate of drug-likeness (QED) is 0.483. The number of nitrogens with zero attached hydrogens (tertiary/aromatic N) is 1. The summed E-state index contributed by atoms with van der Waals surface area (Å²) in [6.45, 7) is -0.803. The van der Waals surface area contributed by atoms with Gasteiger partial charge in [0.1, 0.15) is 23.4 Å². The summed E-state index contributed by atoms with van der Waals surface area (Å²) in [5.41, 5.74) is 6.52. The molecule has 0 spiro atoms. The highest BCUT2D eigenvalue weighted by Gasteiger charge is 2.45. The summed E-state index contributed by atoms with van der Waals surface area (Å²) < 4.78 is 33.7. The number of ether oxygens (including phenoxy) is 1. The molecule has 0 fully saturated rings. The van der Waals surface area contributed by atoms with Crippen LogP contribution in [-0.2, 0) is 20.8 Å². The van der Waals surface area contributed by atoms with Gasteiger partial charge in [-0.3, -0.25) is 19.3 Å². The lowest BCUT2D eigenvalue weighted by atomic mass is 9.98. The van der Waals surface area contributed by atoms with Crippen LogP contribution >= 0.6 is 0 Å². The van der Waals surface area contributed by atoms with Gasteiger partial charge < -0.3 is 20.9 Å². The van der Waals surface area contributed by atoms with E-state index < -0.39 is 60.6 Å². The monoisotopic (exact) mass is 495 g/mol. The summed E-state index contributed by atoms with van der Waals surface area (Å²) in [5.74, 6) is -4.25. The van der Waals surface area contributed by atoms with Gasteiger partial charge in [-0.25, -0.2) is 8.78 Å². The molecule has 36 heavy (non-hydrogen) atoms. The zero-order valence-electron chi connectivity index (χ0n) is 18.9. The zero-order valence-corrected chi connectivity index (χ0v) is 18.9. The minimum absolute atomic E-state index is 0.0534. The van der Waals surface area contributed by atoms with Crippen molar-refractivity contribution in [2.24, 2.45) is 5.73 Å². The van der Waals surface area contributed by atoms with Crippen molar-refractivity contribution >= 4 is 23.4 Å². The lowest BCUT2D eigenvalue weighted by Gasteiger charge is -2.34. The Balaban J connectivity index is 1.81. The molecule has 1 heterocycles. The van der Waals surface area contributed by atoms with Gasteiger partial charge in [-0.2, -0.15) is 0 Å². The molecule has 8 nitrogen and oxygen atoms in total. The van der Waals surface area contributed by atoms with E-state index in [-0.39, 0.29) is 5.56 Å². The predicted octanol–water partition coefficient (Wildman–Crippen LogP) is 2.32. The smallest absolute Gasteiger partial charge is 0.252 e. The van der Waals surface area contributed by atoms with Crippen LogP contribution in [0.25, 0.3) is 0 Å². The number of carbonyl (C=O) groups excluding carboxylic acids is 3. The number of halogens is 2. The third-order valence-corrected chi connectivity index (χ3v) is 5.66. The van der Waals surface area contributed by atoms with Gasteiger partial charge in [-0.05, 0) is 35.4 Å². The Labute approximate surface area is 205 Å². The Kier molecular flexibility index (Phi) is 7.37. The van der Waals surface area contributed by atoms with Crippen LogP contribution in [0.15, 0.2) is 72.8 Å². The van der Waals surface area contributed by atoms with E-state index in [0.717, 1.165) is 12.1 Å². The van der Waals surface area contributed by atoms with Gasteiger partial charge in [-0.1, -0.05) is 42.5 Å². The third-order valence-electron chi connectivity index (χ3n) is 5.66. The second-order valence-corrected chi connectivity index (χ2v) is 8.22. The van der Waals surface area contributed by atoms with Crippen molar-refractivity contribution in [2.75, 3.05) is 11.9 Å². The molecule has 1 aliphatic rings. The number of hydrogen-bond acceptors (Lipinski definition) is 6. The molecule has 2 unspecified atom stereocenters. The average Bonchev–Trinajstić information content (AvgIpc) is 2.99. The molecule has 0 saturated heterocycles. The van der Waals surface area contributed by atoms with Gasteiger partial charge in [0.2, 0.25) is 11.8 Å². The molecule has 3 atom stereocenters. The number of amides is 3. The summed E-state index contributed by atoms with van der Waals surface area (Å²) in [6, 6.07) is 14.5. The van der Waals surface area contributed by atoms with Gasteiger partial charge >= 0.3 is 0 Å². The van der Waals surface area contributed by atoms with E-state index >= 15 is 0 Å². The van der Waals surface area contributed by atoms with Gasteiger partial charge in [0.15, 0.2) is 12.1 Å². The van der Waals surface area contributed by atoms with E-state index in [4.69, 9.17) is 10.5 Å². The van der Waals surface area contributed by atoms with Crippen LogP contribution in [0.4, 0.5) is 14.5 Å². The number of aliphatic hydroxyl groups excluding tert-OH is 1. The lowest BCUT2D eigenvalue weighted by molar-refractivity contribution is -0.155. The van der Waals surface area contributed by atoms with E-state index in [9.17, 15) is 28.3 Å². The van der Waals surface area contributed by atoms with Gasteiger partial charge in [0.05, 0.1) is 18.7 Å². The van der Waals surface area contributed by atoms with Crippen molar-refractivity contribution in [3.8, 4) is 5.75 Å². The number of benzene rings is 3. The minimum Gasteiger partial charge on any atom is -0.481 e. The first-order valence-electron chi connectivity index (χ1n) is 11.1. The van der Waals surface area contributed by atoms with Crippen LogP contribution in [-0.4, -0.2) is 46.4 Å². The molecular formula is C26H23F2N3O5. The first-order chi connectivity index (χ1) is 17.3. The highest BCUT2D eigenvalue weighted by molar-refractivity contribution is 6.06. The zero-order chi connectivity index (χ0) is 25.8. The maximum absolute atomic E-state index is 13.8. The van der Waals surface area contributed by atoms with Gasteiger partial charge in [0.25, 0.3) is 5.91 Å². The largest absolute Gasteiger partial charge is 0.481 e. The Hall–Kier alpha value is -4.15. The Morgan fingerprint density at radius 2 is 1.67 bits per heavy atom. The Morgan fingerprint density at radius 1 is 1.03 bits per heavy atom. The summed E-state index contributed by atoms with van der Waals surface area (Å²) >= 11 is 0. The standard InChI is InChI=1S/C26H23F2N3O5/c27-17-10-15(11-18(28)13-17)12-22(33)31(26(35)19(29)14-32)23-24(16-6-2-1-3-7-16)36-21-9-5-4-8-20(21)30-25(23)34/h1-11,13,19,23-24,32H,12,14,29H2,(H,30,34)/t19-,23?,24?/m0/s1. The fourth-order valence-corrected chi connectivity index (χ4v) is 4.01. The summed E-state index contributed by atoms with van der Waals surface area (Å²) in [4.78, 5) is 40.9. The summed E-state index contributed by atoms with van der Waals surface area (Å²) in [7, 11) is 0. The van der Waals surface area contributed by atoms with E-state index in [0.29, 0.717) is 28.0 Å². The lowest BCUT2D eigenvalue weighted by Crippen LogP contribution is -2.58. The van der Waals surface area contributed by atoms with Crippen molar-refractivity contribution in [3.05, 3.63) is 95.6 Å². The third kappa shape index (κ3) is 5.24. The summed E-state index contributed by atoms with van der Waals surface area (Å²) in [5, 5.41) is 12.2.